The summed E-state index contributed by atoms with van der Waals surface area (Å²) in [5.41, 5.74) is 4.41. The number of hydrogen-bond acceptors (Lipinski definition) is 4. The highest BCUT2D eigenvalue weighted by Gasteiger charge is 2.35. The lowest BCUT2D eigenvalue weighted by molar-refractivity contribution is -0.140. The van der Waals surface area contributed by atoms with Crippen LogP contribution in [0, 0.1) is 20.8 Å². The van der Waals surface area contributed by atoms with E-state index in [1.165, 1.54) is 17.0 Å². The zero-order valence-electron chi connectivity index (χ0n) is 26.6. The molecule has 4 rings (SSSR count). The number of halogens is 2. The molecule has 0 saturated heterocycles. The van der Waals surface area contributed by atoms with Crippen LogP contribution in [0.4, 0.5) is 5.69 Å². The SMILES string of the molecule is Cc1ccc(S(=O)(=O)N(CC(=O)N(Cc2ccc(Cl)c(Cl)c2)[C@H](Cc2ccccc2)C(=O)NC(C)C)c2ccc(C)cc2C)cc1. The van der Waals surface area contributed by atoms with E-state index in [0.29, 0.717) is 26.9 Å². The van der Waals surface area contributed by atoms with Gasteiger partial charge < -0.3 is 10.2 Å². The molecule has 0 aliphatic heterocycles. The fourth-order valence-corrected chi connectivity index (χ4v) is 7.00. The highest BCUT2D eigenvalue weighted by molar-refractivity contribution is 7.92. The predicted molar refractivity (Wildman–Crippen MR) is 186 cm³/mol. The molecule has 4 aromatic carbocycles. The first-order chi connectivity index (χ1) is 21.8. The molecule has 0 spiro atoms. The van der Waals surface area contributed by atoms with Gasteiger partial charge in [0.25, 0.3) is 10.0 Å². The van der Waals surface area contributed by atoms with Crippen LogP contribution in [0.15, 0.2) is 95.9 Å². The van der Waals surface area contributed by atoms with Gasteiger partial charge in [-0.2, -0.15) is 0 Å². The fourth-order valence-electron chi connectivity index (χ4n) is 5.21. The number of nitrogens with zero attached hydrogens (tertiary/aromatic N) is 2. The molecule has 2 amide bonds. The average molecular weight is 681 g/mol. The Morgan fingerprint density at radius 1 is 0.783 bits per heavy atom. The van der Waals surface area contributed by atoms with Crippen molar-refractivity contribution < 1.29 is 18.0 Å². The Balaban J connectivity index is 1.84. The van der Waals surface area contributed by atoms with Crippen molar-refractivity contribution in [1.29, 1.82) is 0 Å². The summed E-state index contributed by atoms with van der Waals surface area (Å²) in [5, 5.41) is 3.61. The summed E-state index contributed by atoms with van der Waals surface area (Å²) in [5.74, 6) is -0.909. The molecule has 242 valence electrons. The third-order valence-corrected chi connectivity index (χ3v) is 10.1. The van der Waals surface area contributed by atoms with Gasteiger partial charge in [0.15, 0.2) is 0 Å². The zero-order chi connectivity index (χ0) is 33.6. The summed E-state index contributed by atoms with van der Waals surface area (Å²) < 4.78 is 29.7. The number of nitrogens with one attached hydrogen (secondary N) is 1. The molecule has 0 aliphatic carbocycles. The van der Waals surface area contributed by atoms with Crippen LogP contribution in [0.3, 0.4) is 0 Å². The summed E-state index contributed by atoms with van der Waals surface area (Å²) in [6, 6.07) is 25.2. The van der Waals surface area contributed by atoms with E-state index >= 15 is 0 Å². The first-order valence-electron chi connectivity index (χ1n) is 15.0. The lowest BCUT2D eigenvalue weighted by Gasteiger charge is -2.34. The highest BCUT2D eigenvalue weighted by Crippen LogP contribution is 2.29. The summed E-state index contributed by atoms with van der Waals surface area (Å²) in [4.78, 5) is 29.9. The summed E-state index contributed by atoms with van der Waals surface area (Å²) in [6.45, 7) is 8.74. The number of hydrogen-bond donors (Lipinski definition) is 1. The Morgan fingerprint density at radius 3 is 2.04 bits per heavy atom. The Morgan fingerprint density at radius 2 is 1.43 bits per heavy atom. The first-order valence-corrected chi connectivity index (χ1v) is 17.2. The van der Waals surface area contributed by atoms with E-state index in [2.05, 4.69) is 5.32 Å². The van der Waals surface area contributed by atoms with Gasteiger partial charge in [-0.15, -0.1) is 0 Å². The van der Waals surface area contributed by atoms with Crippen LogP contribution in [0.1, 0.15) is 41.7 Å². The van der Waals surface area contributed by atoms with Crippen molar-refractivity contribution in [2.75, 3.05) is 10.8 Å². The van der Waals surface area contributed by atoms with E-state index in [0.717, 1.165) is 21.0 Å². The monoisotopic (exact) mass is 679 g/mol. The maximum Gasteiger partial charge on any atom is 0.264 e. The molecular formula is C36H39Cl2N3O4S. The molecule has 0 heterocycles. The molecule has 46 heavy (non-hydrogen) atoms. The zero-order valence-corrected chi connectivity index (χ0v) is 29.0. The Kier molecular flexibility index (Phi) is 11.5. The van der Waals surface area contributed by atoms with Crippen LogP contribution in [-0.4, -0.2) is 43.8 Å². The molecule has 0 fully saturated rings. The van der Waals surface area contributed by atoms with Gasteiger partial charge in [0.1, 0.15) is 12.6 Å². The maximum atomic E-state index is 14.6. The third-order valence-electron chi connectivity index (χ3n) is 7.55. The number of rotatable bonds is 12. The van der Waals surface area contributed by atoms with Gasteiger partial charge in [-0.25, -0.2) is 8.42 Å². The van der Waals surface area contributed by atoms with Crippen LogP contribution in [0.2, 0.25) is 10.0 Å². The molecule has 10 heteroatoms. The summed E-state index contributed by atoms with van der Waals surface area (Å²) in [6.07, 6.45) is 0.209. The van der Waals surface area contributed by atoms with Gasteiger partial charge in [-0.05, 0) is 81.6 Å². The summed E-state index contributed by atoms with van der Waals surface area (Å²) in [7, 11) is -4.20. The predicted octanol–water partition coefficient (Wildman–Crippen LogP) is 7.28. The molecule has 1 N–H and O–H groups in total. The van der Waals surface area contributed by atoms with Gasteiger partial charge in [-0.1, -0.05) is 95.0 Å². The van der Waals surface area contributed by atoms with E-state index in [1.807, 2.05) is 77.1 Å². The molecule has 0 aromatic heterocycles. The van der Waals surface area contributed by atoms with Crippen LogP contribution < -0.4 is 9.62 Å². The number of benzene rings is 4. The average Bonchev–Trinajstić information content (AvgIpc) is 3.00. The molecule has 4 aromatic rings. The topological polar surface area (TPSA) is 86.8 Å². The van der Waals surface area contributed by atoms with E-state index in [4.69, 9.17) is 23.2 Å². The Bertz CT molecular complexity index is 1800. The minimum absolute atomic E-state index is 0.00988. The van der Waals surface area contributed by atoms with E-state index in [1.54, 1.807) is 36.4 Å². The number of anilines is 1. The number of amides is 2. The van der Waals surface area contributed by atoms with Gasteiger partial charge in [0.2, 0.25) is 11.8 Å². The quantitative estimate of drug-likeness (QED) is 0.171. The number of carbonyl (C=O) groups is 2. The normalized spacial score (nSPS) is 12.1. The van der Waals surface area contributed by atoms with Crippen LogP contribution in [-0.2, 0) is 32.6 Å². The van der Waals surface area contributed by atoms with Crippen molar-refractivity contribution in [1.82, 2.24) is 10.2 Å². The second-order valence-corrected chi connectivity index (χ2v) is 14.4. The van der Waals surface area contributed by atoms with Crippen LogP contribution in [0.25, 0.3) is 0 Å². The van der Waals surface area contributed by atoms with Crippen molar-refractivity contribution in [3.8, 4) is 0 Å². The van der Waals surface area contributed by atoms with Crippen molar-refractivity contribution in [2.24, 2.45) is 0 Å². The molecule has 1 atom stereocenters. The molecule has 0 bridgehead atoms. The molecule has 0 aliphatic rings. The second-order valence-electron chi connectivity index (χ2n) is 11.8. The van der Waals surface area contributed by atoms with Gasteiger partial charge >= 0.3 is 0 Å². The molecule has 0 unspecified atom stereocenters. The second kappa shape index (κ2) is 15.2. The largest absolute Gasteiger partial charge is 0.352 e. The maximum absolute atomic E-state index is 14.6. The minimum atomic E-state index is -4.20. The fraction of sp³-hybridized carbons (Fsp3) is 0.278. The third kappa shape index (κ3) is 8.69. The van der Waals surface area contributed by atoms with E-state index < -0.39 is 28.5 Å². The number of carbonyl (C=O) groups excluding carboxylic acids is 2. The van der Waals surface area contributed by atoms with Crippen molar-refractivity contribution in [2.45, 2.75) is 64.6 Å². The van der Waals surface area contributed by atoms with Crippen molar-refractivity contribution >= 4 is 50.7 Å². The molecular weight excluding hydrogens is 641 g/mol. The lowest BCUT2D eigenvalue weighted by Crippen LogP contribution is -2.54. The Labute approximate surface area is 282 Å². The van der Waals surface area contributed by atoms with Gasteiger partial charge in [0.05, 0.1) is 20.6 Å². The minimum Gasteiger partial charge on any atom is -0.352 e. The smallest absolute Gasteiger partial charge is 0.264 e. The molecule has 0 saturated carbocycles. The Hall–Kier alpha value is -3.85. The standard InChI is InChI=1S/C36H39Cl2N3O4S/c1-24(2)39-36(43)34(21-28-9-7-6-8-10-28)40(22-29-14-17-31(37)32(38)20-29)35(42)23-41(33-18-13-26(4)19-27(33)5)46(44,45)30-15-11-25(3)12-16-30/h6-20,24,34H,21-23H2,1-5H3,(H,39,43)/t34-/m1/s1. The number of sulfonamides is 1. The van der Waals surface area contributed by atoms with Crippen molar-refractivity contribution in [3.63, 3.8) is 0 Å². The van der Waals surface area contributed by atoms with Crippen LogP contribution >= 0.6 is 23.2 Å². The number of aryl methyl sites for hydroxylation is 3. The molecule has 0 radical (unpaired) electrons. The van der Waals surface area contributed by atoms with Gasteiger partial charge in [-0.3, -0.25) is 13.9 Å². The summed E-state index contributed by atoms with van der Waals surface area (Å²) >= 11 is 12.5. The van der Waals surface area contributed by atoms with E-state index in [-0.39, 0.29) is 29.8 Å². The highest BCUT2D eigenvalue weighted by atomic mass is 35.5. The van der Waals surface area contributed by atoms with Crippen molar-refractivity contribution in [3.05, 3.63) is 129 Å². The molecule has 7 nitrogen and oxygen atoms in total. The van der Waals surface area contributed by atoms with Gasteiger partial charge in [0, 0.05) is 19.0 Å². The lowest BCUT2D eigenvalue weighted by atomic mass is 10.0. The first kappa shape index (κ1) is 35.0. The van der Waals surface area contributed by atoms with Crippen LogP contribution in [0.5, 0.6) is 0 Å². The van der Waals surface area contributed by atoms with E-state index in [9.17, 15) is 18.0 Å².